The van der Waals surface area contributed by atoms with E-state index in [2.05, 4.69) is 18.1 Å². The lowest BCUT2D eigenvalue weighted by molar-refractivity contribution is 0.0702. The second kappa shape index (κ2) is 16.2. The van der Waals surface area contributed by atoms with Crippen LogP contribution in [0.4, 0.5) is 4.39 Å². The molecule has 3 aromatic rings. The summed E-state index contributed by atoms with van der Waals surface area (Å²) >= 11 is 0. The van der Waals surface area contributed by atoms with Crippen molar-refractivity contribution in [2.24, 2.45) is 0 Å². The van der Waals surface area contributed by atoms with Gasteiger partial charge >= 0.3 is 0 Å². The Morgan fingerprint density at radius 3 is 2.34 bits per heavy atom. The summed E-state index contributed by atoms with van der Waals surface area (Å²) in [5.74, 6) is 0.734. The zero-order valence-corrected chi connectivity index (χ0v) is 23.2. The number of imidazole rings is 1. The van der Waals surface area contributed by atoms with Crippen LogP contribution in [0.2, 0.25) is 0 Å². The predicted molar refractivity (Wildman–Crippen MR) is 151 cm³/mol. The van der Waals surface area contributed by atoms with Crippen LogP contribution in [0.3, 0.4) is 0 Å². The van der Waals surface area contributed by atoms with Crippen LogP contribution in [0.1, 0.15) is 104 Å². The summed E-state index contributed by atoms with van der Waals surface area (Å²) in [5, 5.41) is 0. The summed E-state index contributed by atoms with van der Waals surface area (Å²) < 4.78 is 21.6. The van der Waals surface area contributed by atoms with E-state index in [-0.39, 0.29) is 7.24 Å². The number of benzene rings is 1. The summed E-state index contributed by atoms with van der Waals surface area (Å²) in [5.41, 5.74) is 5.80. The van der Waals surface area contributed by atoms with Crippen molar-refractivity contribution in [2.45, 2.75) is 93.5 Å². The molecule has 0 amide bonds. The normalized spacial score (nSPS) is 13.1. The molecule has 2 aromatic heterocycles. The van der Waals surface area contributed by atoms with E-state index in [0.29, 0.717) is 12.5 Å². The fourth-order valence-electron chi connectivity index (χ4n) is 4.09. The average Bonchev–Trinajstić information content (AvgIpc) is 3.29. The maximum Gasteiger partial charge on any atom is 0.160 e. The number of ether oxygens (including phenoxy) is 1. The summed E-state index contributed by atoms with van der Waals surface area (Å²) in [6.07, 6.45) is 4.46. The topological polar surface area (TPSA) is 39.9 Å². The van der Waals surface area contributed by atoms with Crippen molar-refractivity contribution in [3.63, 3.8) is 0 Å². The van der Waals surface area contributed by atoms with Crippen molar-refractivity contribution in [1.29, 1.82) is 0 Å². The molecule has 0 N–H and O–H groups in total. The zero-order valence-electron chi connectivity index (χ0n) is 23.2. The number of aryl methyl sites for hydroxylation is 1. The second-order valence-electron chi connectivity index (χ2n) is 7.90. The van der Waals surface area contributed by atoms with Crippen LogP contribution < -0.4 is 0 Å². The van der Waals surface area contributed by atoms with Gasteiger partial charge in [0.05, 0.1) is 0 Å². The lowest BCUT2D eigenvalue weighted by atomic mass is 10.0. The Labute approximate surface area is 214 Å². The summed E-state index contributed by atoms with van der Waals surface area (Å²) in [6.45, 7) is 22.0. The molecule has 0 spiro atoms. The smallest absolute Gasteiger partial charge is 0.160 e. The van der Waals surface area contributed by atoms with E-state index in [0.717, 1.165) is 78.3 Å². The molecule has 0 aliphatic carbocycles. The number of rotatable bonds is 6. The Morgan fingerprint density at radius 2 is 1.71 bits per heavy atom. The molecule has 196 valence electrons. The highest BCUT2D eigenvalue weighted by Crippen LogP contribution is 2.31. The fraction of sp³-hybridized carbons (Fsp3) is 0.533. The van der Waals surface area contributed by atoms with Crippen LogP contribution >= 0.6 is 0 Å². The molecule has 1 saturated heterocycles. The molecule has 1 aliphatic rings. The lowest BCUT2D eigenvalue weighted by Gasteiger charge is -2.25. The van der Waals surface area contributed by atoms with Gasteiger partial charge in [-0.1, -0.05) is 67.5 Å². The van der Waals surface area contributed by atoms with Crippen LogP contribution in [0.25, 0.3) is 16.7 Å². The van der Waals surface area contributed by atoms with Gasteiger partial charge < -0.3 is 9.30 Å². The van der Waals surface area contributed by atoms with Gasteiger partial charge in [-0.05, 0) is 67.2 Å². The predicted octanol–water partition coefficient (Wildman–Crippen LogP) is 8.96. The Bertz CT molecular complexity index is 1040. The molecule has 1 fully saturated rings. The first-order valence-corrected chi connectivity index (χ1v) is 13.5. The highest BCUT2D eigenvalue weighted by molar-refractivity contribution is 5.76. The van der Waals surface area contributed by atoms with Gasteiger partial charge in [-0.25, -0.2) is 14.4 Å². The Morgan fingerprint density at radius 1 is 1.06 bits per heavy atom. The van der Waals surface area contributed by atoms with Crippen LogP contribution in [-0.4, -0.2) is 27.7 Å². The Hall–Kier alpha value is -2.53. The first-order valence-electron chi connectivity index (χ1n) is 13.5. The monoisotopic (exact) mass is 485 g/mol. The van der Waals surface area contributed by atoms with Gasteiger partial charge in [-0.2, -0.15) is 0 Å². The van der Waals surface area contributed by atoms with Crippen LogP contribution in [0, 0.1) is 12.7 Å². The molecule has 0 unspecified atom stereocenters. The third-order valence-corrected chi connectivity index (χ3v) is 5.70. The van der Waals surface area contributed by atoms with Crippen LogP contribution in [-0.2, 0) is 11.2 Å². The summed E-state index contributed by atoms with van der Waals surface area (Å²) in [4.78, 5) is 9.86. The molecular weight excluding hydrogens is 437 g/mol. The number of hydrogen-bond donors (Lipinski definition) is 0. The van der Waals surface area contributed by atoms with Crippen molar-refractivity contribution >= 4 is 16.7 Å². The maximum absolute atomic E-state index is 13.7. The zero-order chi connectivity index (χ0) is 26.4. The van der Waals surface area contributed by atoms with Crippen LogP contribution in [0.15, 0.2) is 36.9 Å². The summed E-state index contributed by atoms with van der Waals surface area (Å²) in [6, 6.07) is 9.27. The fourth-order valence-corrected chi connectivity index (χ4v) is 4.09. The quantitative estimate of drug-likeness (QED) is 0.350. The molecule has 4 nitrogen and oxygen atoms in total. The summed E-state index contributed by atoms with van der Waals surface area (Å²) in [7, 11) is 0. The minimum Gasteiger partial charge on any atom is -0.381 e. The first-order chi connectivity index (χ1) is 17.1. The number of hydrogen-bond acceptors (Lipinski definition) is 3. The standard InChI is InChI=1S/C24H28FN3O.3C2H6.H2/c1-4-5-17(3)23-27-22-9-8-20(15-18-14-19(25)7-6-16(18)2)26-24(22)28(23)21-10-12-29-13-11-21;3*1-2;/h6-9,14,21H,3-5,10-13,15H2,1-2H3;3*1-2H3;1H. The number of allylic oxidation sites excluding steroid dienone is 1. The van der Waals surface area contributed by atoms with E-state index < -0.39 is 0 Å². The number of halogens is 1. The molecule has 1 aliphatic heterocycles. The highest BCUT2D eigenvalue weighted by atomic mass is 19.1. The Kier molecular flexibility index (Phi) is 14.1. The molecule has 4 rings (SSSR count). The minimum absolute atomic E-state index is 0. The van der Waals surface area contributed by atoms with Crippen molar-refractivity contribution in [2.75, 3.05) is 13.2 Å². The van der Waals surface area contributed by atoms with E-state index >= 15 is 0 Å². The molecule has 35 heavy (non-hydrogen) atoms. The molecule has 0 saturated carbocycles. The first kappa shape index (κ1) is 30.5. The van der Waals surface area contributed by atoms with E-state index in [1.165, 1.54) is 6.07 Å². The van der Waals surface area contributed by atoms with Gasteiger partial charge in [0, 0.05) is 32.8 Å². The second-order valence-corrected chi connectivity index (χ2v) is 7.90. The average molecular weight is 486 g/mol. The molecule has 0 bridgehead atoms. The van der Waals surface area contributed by atoms with Gasteiger partial charge in [0.2, 0.25) is 0 Å². The van der Waals surface area contributed by atoms with Crippen molar-refractivity contribution in [3.8, 4) is 0 Å². The maximum atomic E-state index is 13.7. The van der Waals surface area contributed by atoms with Crippen molar-refractivity contribution in [3.05, 3.63) is 65.4 Å². The van der Waals surface area contributed by atoms with Gasteiger partial charge in [-0.15, -0.1) is 0 Å². The molecule has 0 atom stereocenters. The largest absolute Gasteiger partial charge is 0.381 e. The molecular formula is C30H48FN3O. The van der Waals surface area contributed by atoms with Gasteiger partial charge in [0.15, 0.2) is 5.65 Å². The number of nitrogens with zero attached hydrogens (tertiary/aromatic N) is 3. The molecule has 3 heterocycles. The SMILES string of the molecule is C=C(CCC)c1nc2ccc(Cc3cc(F)ccc3C)nc2n1C1CCOCC1.CC.CC.CC.[HH]. The van der Waals surface area contributed by atoms with Gasteiger partial charge in [0.1, 0.15) is 17.2 Å². The minimum atomic E-state index is -0.211. The van der Waals surface area contributed by atoms with E-state index in [1.807, 2.05) is 66.7 Å². The lowest BCUT2D eigenvalue weighted by Crippen LogP contribution is -2.21. The number of pyridine rings is 1. The van der Waals surface area contributed by atoms with Crippen molar-refractivity contribution in [1.82, 2.24) is 14.5 Å². The molecule has 1 aromatic carbocycles. The van der Waals surface area contributed by atoms with Gasteiger partial charge in [0.25, 0.3) is 0 Å². The van der Waals surface area contributed by atoms with Crippen molar-refractivity contribution < 1.29 is 10.6 Å². The van der Waals surface area contributed by atoms with E-state index in [1.54, 1.807) is 6.07 Å². The van der Waals surface area contributed by atoms with Crippen LogP contribution in [0.5, 0.6) is 0 Å². The van der Waals surface area contributed by atoms with E-state index in [4.69, 9.17) is 14.7 Å². The molecule has 5 heteroatoms. The third-order valence-electron chi connectivity index (χ3n) is 5.70. The highest BCUT2D eigenvalue weighted by Gasteiger charge is 2.24. The Balaban J connectivity index is 0.00000163. The third kappa shape index (κ3) is 7.99. The molecule has 0 radical (unpaired) electrons. The van der Waals surface area contributed by atoms with Gasteiger partial charge in [-0.3, -0.25) is 0 Å². The number of fused-ring (bicyclic) bond motifs is 1. The van der Waals surface area contributed by atoms with E-state index in [9.17, 15) is 4.39 Å². The number of aromatic nitrogens is 3.